The van der Waals surface area contributed by atoms with Crippen LogP contribution in [0.5, 0.6) is 0 Å². The number of hydrogen-bond acceptors (Lipinski definition) is 7. The molecule has 4 heterocycles. The number of carbonyl (C=O) groups excluding carboxylic acids is 1. The Hall–Kier alpha value is -2.73. The first kappa shape index (κ1) is 22.1. The van der Waals surface area contributed by atoms with E-state index >= 15 is 0 Å². The normalized spacial score (nSPS) is 24.5. The van der Waals surface area contributed by atoms with Gasteiger partial charge in [0.15, 0.2) is 11.3 Å². The number of amides is 1. The van der Waals surface area contributed by atoms with Gasteiger partial charge in [0.1, 0.15) is 16.7 Å². The molecule has 2 fully saturated rings. The first-order chi connectivity index (χ1) is 15.5. The van der Waals surface area contributed by atoms with E-state index < -0.39 is 27.0 Å². The molecule has 0 aromatic carbocycles. The fourth-order valence-electron chi connectivity index (χ4n) is 4.78. The summed E-state index contributed by atoms with van der Waals surface area (Å²) in [6.07, 6.45) is 4.38. The number of hydrogen-bond donors (Lipinski definition) is 2. The van der Waals surface area contributed by atoms with Gasteiger partial charge in [-0.1, -0.05) is 6.92 Å². The zero-order chi connectivity index (χ0) is 23.5. The molecule has 178 valence electrons. The molecule has 2 aliphatic rings. The number of sulfonamides is 1. The van der Waals surface area contributed by atoms with Crippen molar-refractivity contribution in [2.45, 2.75) is 63.3 Å². The molecular weight excluding hydrogens is 446 g/mol. The van der Waals surface area contributed by atoms with E-state index in [1.165, 1.54) is 4.90 Å². The van der Waals surface area contributed by atoms with E-state index in [1.54, 1.807) is 27.0 Å². The number of aromatic amines is 1. The van der Waals surface area contributed by atoms with Gasteiger partial charge in [-0.05, 0) is 45.6 Å². The maximum absolute atomic E-state index is 12.9. The first-order valence-corrected chi connectivity index (χ1v) is 12.7. The average molecular weight is 476 g/mol. The van der Waals surface area contributed by atoms with Crippen LogP contribution in [0.4, 0.5) is 4.79 Å². The quantitative estimate of drug-likeness (QED) is 0.589. The van der Waals surface area contributed by atoms with E-state index in [4.69, 9.17) is 4.74 Å². The molecule has 1 saturated heterocycles. The molecule has 1 aliphatic heterocycles. The predicted molar refractivity (Wildman–Crippen MR) is 121 cm³/mol. The Morgan fingerprint density at radius 1 is 1.24 bits per heavy atom. The van der Waals surface area contributed by atoms with Crippen molar-refractivity contribution in [3.05, 3.63) is 24.3 Å². The number of aromatic nitrogens is 5. The van der Waals surface area contributed by atoms with Crippen molar-refractivity contribution < 1.29 is 17.9 Å². The Kier molecular flexibility index (Phi) is 5.12. The summed E-state index contributed by atoms with van der Waals surface area (Å²) in [6, 6.07) is 1.75. The van der Waals surface area contributed by atoms with E-state index in [0.717, 1.165) is 17.0 Å². The molecule has 12 heteroatoms. The first-order valence-electron chi connectivity index (χ1n) is 11.2. The van der Waals surface area contributed by atoms with Crippen molar-refractivity contribution in [3.8, 4) is 0 Å². The average Bonchev–Trinajstić information content (AvgIpc) is 3.35. The maximum Gasteiger partial charge on any atom is 0.410 e. The topological polar surface area (TPSA) is 135 Å². The van der Waals surface area contributed by atoms with Crippen molar-refractivity contribution in [2.75, 3.05) is 13.1 Å². The molecule has 2 N–H and O–H groups in total. The van der Waals surface area contributed by atoms with Crippen LogP contribution in [0, 0.1) is 5.92 Å². The fourth-order valence-corrected chi connectivity index (χ4v) is 6.38. The van der Waals surface area contributed by atoms with Gasteiger partial charge in [0.05, 0.1) is 11.7 Å². The Labute approximate surface area is 192 Å². The SMILES string of the molecule is C[C@@H]1C[C@H](NS(=O)(=O)C2CN(C(=O)OC(C)(C)C)C2)C[C@@H]1c1nnc2cnc3[nH]ccc3n12. The van der Waals surface area contributed by atoms with E-state index in [0.29, 0.717) is 18.5 Å². The summed E-state index contributed by atoms with van der Waals surface area (Å²) < 4.78 is 36.1. The van der Waals surface area contributed by atoms with Crippen LogP contribution in [-0.4, -0.2) is 74.0 Å². The number of carbonyl (C=O) groups is 1. The van der Waals surface area contributed by atoms with E-state index in [1.807, 2.05) is 16.7 Å². The van der Waals surface area contributed by atoms with Gasteiger partial charge in [0.2, 0.25) is 10.0 Å². The van der Waals surface area contributed by atoms with Crippen LogP contribution in [0.25, 0.3) is 16.8 Å². The molecule has 1 saturated carbocycles. The molecule has 11 nitrogen and oxygen atoms in total. The third kappa shape index (κ3) is 4.05. The number of nitrogens with one attached hydrogen (secondary N) is 2. The number of H-pyrrole nitrogens is 1. The summed E-state index contributed by atoms with van der Waals surface area (Å²) >= 11 is 0. The summed E-state index contributed by atoms with van der Waals surface area (Å²) in [5.74, 6) is 1.12. The van der Waals surface area contributed by atoms with Crippen molar-refractivity contribution in [3.63, 3.8) is 0 Å². The van der Waals surface area contributed by atoms with Gasteiger partial charge < -0.3 is 14.6 Å². The summed E-state index contributed by atoms with van der Waals surface area (Å²) in [4.78, 5) is 21.0. The van der Waals surface area contributed by atoms with Crippen LogP contribution >= 0.6 is 0 Å². The number of ether oxygens (including phenoxy) is 1. The highest BCUT2D eigenvalue weighted by Gasteiger charge is 2.44. The highest BCUT2D eigenvalue weighted by Crippen LogP contribution is 2.40. The van der Waals surface area contributed by atoms with E-state index in [2.05, 4.69) is 31.8 Å². The molecular formula is C21H29N7O4S. The van der Waals surface area contributed by atoms with Crippen molar-refractivity contribution in [1.29, 1.82) is 0 Å². The zero-order valence-corrected chi connectivity index (χ0v) is 20.0. The minimum atomic E-state index is -3.56. The summed E-state index contributed by atoms with van der Waals surface area (Å²) in [5, 5.41) is 8.08. The van der Waals surface area contributed by atoms with Crippen LogP contribution in [0.15, 0.2) is 18.5 Å². The van der Waals surface area contributed by atoms with E-state index in [-0.39, 0.29) is 31.0 Å². The van der Waals surface area contributed by atoms with Crippen LogP contribution < -0.4 is 4.72 Å². The second kappa shape index (κ2) is 7.66. The summed E-state index contributed by atoms with van der Waals surface area (Å²) in [6.45, 7) is 7.76. The van der Waals surface area contributed by atoms with Gasteiger partial charge in [-0.2, -0.15) is 0 Å². The van der Waals surface area contributed by atoms with Crippen LogP contribution in [0.1, 0.15) is 52.3 Å². The molecule has 3 aromatic rings. The number of likely N-dealkylation sites (tertiary alicyclic amines) is 1. The largest absolute Gasteiger partial charge is 0.444 e. The molecule has 3 atom stereocenters. The minimum Gasteiger partial charge on any atom is -0.444 e. The predicted octanol–water partition coefficient (Wildman–Crippen LogP) is 2.03. The molecule has 3 aromatic heterocycles. The lowest BCUT2D eigenvalue weighted by Gasteiger charge is -2.39. The highest BCUT2D eigenvalue weighted by atomic mass is 32.2. The lowest BCUT2D eigenvalue weighted by atomic mass is 9.97. The molecule has 0 bridgehead atoms. The third-order valence-corrected chi connectivity index (χ3v) is 8.29. The Morgan fingerprint density at radius 2 is 2.00 bits per heavy atom. The van der Waals surface area contributed by atoms with Crippen LogP contribution in [-0.2, 0) is 14.8 Å². The number of nitrogens with zero attached hydrogens (tertiary/aromatic N) is 5. The van der Waals surface area contributed by atoms with Crippen molar-refractivity contribution >= 4 is 32.9 Å². The Morgan fingerprint density at radius 3 is 2.73 bits per heavy atom. The fraction of sp³-hybridized carbons (Fsp3) is 0.619. The van der Waals surface area contributed by atoms with Crippen molar-refractivity contribution in [1.82, 2.24) is 34.2 Å². The molecule has 1 amide bonds. The number of rotatable bonds is 4. The Bertz CT molecular complexity index is 1300. The Balaban J connectivity index is 1.26. The lowest BCUT2D eigenvalue weighted by molar-refractivity contribution is 0.0138. The molecule has 5 rings (SSSR count). The third-order valence-electron chi connectivity index (χ3n) is 6.45. The molecule has 33 heavy (non-hydrogen) atoms. The van der Waals surface area contributed by atoms with Crippen LogP contribution in [0.2, 0.25) is 0 Å². The lowest BCUT2D eigenvalue weighted by Crippen LogP contribution is -2.60. The second-order valence-corrected chi connectivity index (χ2v) is 12.1. The van der Waals surface area contributed by atoms with E-state index in [9.17, 15) is 13.2 Å². The molecule has 0 spiro atoms. The minimum absolute atomic E-state index is 0.0628. The summed E-state index contributed by atoms with van der Waals surface area (Å²) in [7, 11) is -3.56. The standard InChI is InChI=1S/C21H29N7O4S/c1-12-7-13(26-33(30,31)14-10-27(11-14)20(29)32-21(2,3)4)8-15(12)19-25-24-17-9-23-18-16(28(17)19)5-6-22-18/h5-6,9,12-15,22,26H,7-8,10-11H2,1-4H3/t12-,13+,15+/m1/s1. The smallest absolute Gasteiger partial charge is 0.410 e. The summed E-state index contributed by atoms with van der Waals surface area (Å²) in [5.41, 5.74) is 1.72. The number of fused-ring (bicyclic) bond motifs is 3. The van der Waals surface area contributed by atoms with Gasteiger partial charge in [-0.3, -0.25) is 4.40 Å². The van der Waals surface area contributed by atoms with Gasteiger partial charge >= 0.3 is 6.09 Å². The van der Waals surface area contributed by atoms with Crippen LogP contribution in [0.3, 0.4) is 0 Å². The molecule has 0 radical (unpaired) electrons. The molecule has 0 unspecified atom stereocenters. The zero-order valence-electron chi connectivity index (χ0n) is 19.1. The second-order valence-electron chi connectivity index (χ2n) is 10.1. The van der Waals surface area contributed by atoms with Gasteiger partial charge in [0.25, 0.3) is 0 Å². The highest BCUT2D eigenvalue weighted by molar-refractivity contribution is 7.90. The van der Waals surface area contributed by atoms with Crippen molar-refractivity contribution in [2.24, 2.45) is 5.92 Å². The monoisotopic (exact) mass is 475 g/mol. The van der Waals surface area contributed by atoms with Gasteiger partial charge in [-0.15, -0.1) is 10.2 Å². The van der Waals surface area contributed by atoms with Gasteiger partial charge in [-0.25, -0.2) is 22.9 Å². The maximum atomic E-state index is 12.9. The molecule has 1 aliphatic carbocycles. The van der Waals surface area contributed by atoms with Gasteiger partial charge in [0, 0.05) is 31.2 Å².